The summed E-state index contributed by atoms with van der Waals surface area (Å²) in [7, 11) is 1.70. The molecule has 0 fully saturated rings. The Balaban J connectivity index is 2.64. The van der Waals surface area contributed by atoms with Gasteiger partial charge < -0.3 is 14.8 Å². The van der Waals surface area contributed by atoms with Crippen LogP contribution >= 0.6 is 0 Å². The van der Waals surface area contributed by atoms with Gasteiger partial charge in [0.15, 0.2) is 0 Å². The van der Waals surface area contributed by atoms with Gasteiger partial charge in [0.05, 0.1) is 19.3 Å². The molecule has 0 aliphatic rings. The van der Waals surface area contributed by atoms with Crippen molar-refractivity contribution in [2.75, 3.05) is 25.6 Å². The number of hydrogen-bond donors (Lipinski definition) is 1. The van der Waals surface area contributed by atoms with Crippen LogP contribution in [0, 0.1) is 5.92 Å². The molecular formula is C13H23N3O2. The van der Waals surface area contributed by atoms with E-state index in [9.17, 15) is 0 Å². The molecule has 0 amide bonds. The van der Waals surface area contributed by atoms with Gasteiger partial charge in [-0.3, -0.25) is 0 Å². The van der Waals surface area contributed by atoms with E-state index in [1.807, 2.05) is 6.07 Å². The third-order valence-electron chi connectivity index (χ3n) is 2.58. The maximum Gasteiger partial charge on any atom is 0.218 e. The number of nitrogens with one attached hydrogen (secondary N) is 1. The molecule has 1 rings (SSSR count). The Kier molecular flexibility index (Phi) is 6.43. The predicted octanol–water partition coefficient (Wildman–Crippen LogP) is 2.35. The smallest absolute Gasteiger partial charge is 0.218 e. The summed E-state index contributed by atoms with van der Waals surface area (Å²) in [5.41, 5.74) is 0. The number of ether oxygens (including phenoxy) is 2. The zero-order valence-electron chi connectivity index (χ0n) is 11.6. The van der Waals surface area contributed by atoms with Crippen molar-refractivity contribution in [3.63, 3.8) is 0 Å². The minimum absolute atomic E-state index is 0.226. The van der Waals surface area contributed by atoms with Crippen LogP contribution in [0.5, 0.6) is 5.88 Å². The van der Waals surface area contributed by atoms with Gasteiger partial charge in [-0.1, -0.05) is 20.8 Å². The third kappa shape index (κ3) is 4.87. The van der Waals surface area contributed by atoms with Crippen LogP contribution in [-0.2, 0) is 4.74 Å². The first kappa shape index (κ1) is 14.7. The lowest BCUT2D eigenvalue weighted by molar-refractivity contribution is 0.171. The third-order valence-corrected chi connectivity index (χ3v) is 2.58. The normalized spacial score (nSPS) is 12.5. The summed E-state index contributed by atoms with van der Waals surface area (Å²) in [4.78, 5) is 8.26. The molecule has 0 radical (unpaired) electrons. The highest BCUT2D eigenvalue weighted by Crippen LogP contribution is 2.15. The molecule has 18 heavy (non-hydrogen) atoms. The monoisotopic (exact) mass is 253 g/mol. The number of methoxy groups -OCH3 is 1. The van der Waals surface area contributed by atoms with Crippen LogP contribution in [0.1, 0.15) is 27.2 Å². The van der Waals surface area contributed by atoms with Crippen molar-refractivity contribution in [1.29, 1.82) is 0 Å². The Morgan fingerprint density at radius 3 is 2.72 bits per heavy atom. The largest absolute Gasteiger partial charge is 0.478 e. The molecule has 0 aliphatic carbocycles. The summed E-state index contributed by atoms with van der Waals surface area (Å²) < 4.78 is 10.7. The van der Waals surface area contributed by atoms with Crippen LogP contribution in [0.2, 0.25) is 0 Å². The van der Waals surface area contributed by atoms with E-state index in [1.54, 1.807) is 7.11 Å². The lowest BCUT2D eigenvalue weighted by atomic mass is 10.1. The maximum absolute atomic E-state index is 5.48. The molecule has 1 atom stereocenters. The zero-order valence-corrected chi connectivity index (χ0v) is 11.6. The Morgan fingerprint density at radius 1 is 1.33 bits per heavy atom. The standard InChI is InChI=1S/C13H23N3O2/c1-5-6-18-13-7-12(14-9-15-13)16-11(8-17-4)10(2)3/h7,9-11H,5-6,8H2,1-4H3,(H,14,15,16). The second kappa shape index (κ2) is 7.87. The SMILES string of the molecule is CCCOc1cc(NC(COC)C(C)C)ncn1. The van der Waals surface area contributed by atoms with Crippen LogP contribution < -0.4 is 10.1 Å². The highest BCUT2D eigenvalue weighted by atomic mass is 16.5. The van der Waals surface area contributed by atoms with Gasteiger partial charge >= 0.3 is 0 Å². The summed E-state index contributed by atoms with van der Waals surface area (Å²) in [6.07, 6.45) is 2.47. The zero-order chi connectivity index (χ0) is 13.4. The molecule has 0 spiro atoms. The number of anilines is 1. The van der Waals surface area contributed by atoms with Crippen molar-refractivity contribution < 1.29 is 9.47 Å². The summed E-state index contributed by atoms with van der Waals surface area (Å²) >= 11 is 0. The molecule has 1 unspecified atom stereocenters. The van der Waals surface area contributed by atoms with Crippen molar-refractivity contribution in [2.24, 2.45) is 5.92 Å². The summed E-state index contributed by atoms with van der Waals surface area (Å²) in [6, 6.07) is 2.05. The minimum atomic E-state index is 0.226. The van der Waals surface area contributed by atoms with E-state index in [1.165, 1.54) is 6.33 Å². The Labute approximate surface area is 109 Å². The van der Waals surface area contributed by atoms with Gasteiger partial charge in [-0.15, -0.1) is 0 Å². The molecule has 5 nitrogen and oxygen atoms in total. The summed E-state index contributed by atoms with van der Waals surface area (Å²) in [5.74, 6) is 1.83. The molecule has 102 valence electrons. The minimum Gasteiger partial charge on any atom is -0.478 e. The first-order valence-corrected chi connectivity index (χ1v) is 6.37. The van der Waals surface area contributed by atoms with Gasteiger partial charge in [0, 0.05) is 13.2 Å². The van der Waals surface area contributed by atoms with Gasteiger partial charge in [0.25, 0.3) is 0 Å². The van der Waals surface area contributed by atoms with Crippen LogP contribution in [0.4, 0.5) is 5.82 Å². The van der Waals surface area contributed by atoms with E-state index in [0.29, 0.717) is 25.0 Å². The fourth-order valence-electron chi connectivity index (χ4n) is 1.47. The van der Waals surface area contributed by atoms with E-state index in [0.717, 1.165) is 12.2 Å². The molecule has 0 bridgehead atoms. The first-order chi connectivity index (χ1) is 8.67. The van der Waals surface area contributed by atoms with Gasteiger partial charge in [-0.25, -0.2) is 9.97 Å². The van der Waals surface area contributed by atoms with Crippen molar-refractivity contribution in [3.8, 4) is 5.88 Å². The van der Waals surface area contributed by atoms with Crippen molar-refractivity contribution in [2.45, 2.75) is 33.2 Å². The van der Waals surface area contributed by atoms with E-state index >= 15 is 0 Å². The Bertz CT molecular complexity index is 345. The molecule has 1 aromatic heterocycles. The lowest BCUT2D eigenvalue weighted by Gasteiger charge is -2.22. The van der Waals surface area contributed by atoms with E-state index in [-0.39, 0.29) is 6.04 Å². The molecule has 5 heteroatoms. The number of rotatable bonds is 8. The number of aromatic nitrogens is 2. The van der Waals surface area contributed by atoms with Crippen LogP contribution in [-0.4, -0.2) is 36.3 Å². The van der Waals surface area contributed by atoms with Crippen molar-refractivity contribution in [3.05, 3.63) is 12.4 Å². The van der Waals surface area contributed by atoms with Crippen molar-refractivity contribution >= 4 is 5.82 Å². The topological polar surface area (TPSA) is 56.3 Å². The fourth-order valence-corrected chi connectivity index (χ4v) is 1.47. The average Bonchev–Trinajstić information content (AvgIpc) is 2.36. The fraction of sp³-hybridized carbons (Fsp3) is 0.692. The number of nitrogens with zero attached hydrogens (tertiary/aromatic N) is 2. The summed E-state index contributed by atoms with van der Waals surface area (Å²) in [5, 5.41) is 3.34. The van der Waals surface area contributed by atoms with Crippen LogP contribution in [0.15, 0.2) is 12.4 Å². The molecule has 0 saturated carbocycles. The average molecular weight is 253 g/mol. The molecule has 0 aromatic carbocycles. The van der Waals surface area contributed by atoms with Gasteiger partial charge in [-0.2, -0.15) is 0 Å². The molecule has 1 aromatic rings. The van der Waals surface area contributed by atoms with Gasteiger partial charge in [0.2, 0.25) is 5.88 Å². The van der Waals surface area contributed by atoms with Crippen LogP contribution in [0.3, 0.4) is 0 Å². The second-order valence-electron chi connectivity index (χ2n) is 4.54. The Morgan fingerprint density at radius 2 is 2.11 bits per heavy atom. The van der Waals surface area contributed by atoms with E-state index in [2.05, 4.69) is 36.1 Å². The van der Waals surface area contributed by atoms with E-state index in [4.69, 9.17) is 9.47 Å². The molecule has 0 aliphatic heterocycles. The van der Waals surface area contributed by atoms with Gasteiger partial charge in [-0.05, 0) is 12.3 Å². The Hall–Kier alpha value is -1.36. The molecule has 0 saturated heterocycles. The first-order valence-electron chi connectivity index (χ1n) is 6.37. The van der Waals surface area contributed by atoms with E-state index < -0.39 is 0 Å². The number of hydrogen-bond acceptors (Lipinski definition) is 5. The molecular weight excluding hydrogens is 230 g/mol. The quantitative estimate of drug-likeness (QED) is 0.770. The second-order valence-corrected chi connectivity index (χ2v) is 4.54. The lowest BCUT2D eigenvalue weighted by Crippen LogP contribution is -2.30. The van der Waals surface area contributed by atoms with Crippen molar-refractivity contribution in [1.82, 2.24) is 9.97 Å². The van der Waals surface area contributed by atoms with Crippen LogP contribution in [0.25, 0.3) is 0 Å². The highest BCUT2D eigenvalue weighted by Gasteiger charge is 2.13. The highest BCUT2D eigenvalue weighted by molar-refractivity contribution is 5.38. The maximum atomic E-state index is 5.48. The van der Waals surface area contributed by atoms with Gasteiger partial charge in [0.1, 0.15) is 12.1 Å². The molecule has 1 heterocycles. The summed E-state index contributed by atoms with van der Waals surface area (Å²) in [6.45, 7) is 7.67. The molecule has 1 N–H and O–H groups in total. The predicted molar refractivity (Wildman–Crippen MR) is 71.9 cm³/mol.